The maximum Gasteiger partial charge on any atom is 0.0737 e. The van der Waals surface area contributed by atoms with Crippen LogP contribution in [-0.2, 0) is 16.2 Å². The Kier molecular flexibility index (Phi) is 8.48. The summed E-state index contributed by atoms with van der Waals surface area (Å²) in [5.74, 6) is 0. The fourth-order valence-corrected chi connectivity index (χ4v) is 15.3. The molecule has 2 spiro atoms. The summed E-state index contributed by atoms with van der Waals surface area (Å²) in [5.41, 5.74) is 25.2. The summed E-state index contributed by atoms with van der Waals surface area (Å²) in [5, 5.41) is 10.2. The van der Waals surface area contributed by atoms with Crippen molar-refractivity contribution in [1.29, 1.82) is 0 Å². The second-order valence-electron chi connectivity index (χ2n) is 23.0. The Labute approximate surface area is 449 Å². The van der Waals surface area contributed by atoms with Gasteiger partial charge in [-0.2, -0.15) is 0 Å². The lowest BCUT2D eigenvalue weighted by Crippen LogP contribution is -2.26. The maximum atomic E-state index is 2.49. The largest absolute Gasteiger partial charge is 0.310 e. The molecule has 4 aliphatic carbocycles. The van der Waals surface area contributed by atoms with E-state index in [0.29, 0.717) is 0 Å². The number of fused-ring (bicyclic) bond motifs is 28. The van der Waals surface area contributed by atoms with Crippen molar-refractivity contribution in [3.05, 3.63) is 305 Å². The van der Waals surface area contributed by atoms with E-state index in [2.05, 4.69) is 280 Å². The second kappa shape index (κ2) is 15.2. The van der Waals surface area contributed by atoms with E-state index in [1.165, 1.54) is 138 Å². The molecular weight excluding hydrogens is 927 g/mol. The predicted octanol–water partition coefficient (Wildman–Crippen LogP) is 19.8. The summed E-state index contributed by atoms with van der Waals surface area (Å²) in [7, 11) is 0. The number of anilines is 3. The van der Waals surface area contributed by atoms with Gasteiger partial charge in [-0.05, 0) is 179 Å². The quantitative estimate of drug-likeness (QED) is 0.171. The van der Waals surface area contributed by atoms with Crippen LogP contribution in [0.15, 0.2) is 255 Å². The van der Waals surface area contributed by atoms with E-state index in [1.807, 2.05) is 0 Å². The van der Waals surface area contributed by atoms with E-state index < -0.39 is 10.8 Å². The highest BCUT2D eigenvalue weighted by Crippen LogP contribution is 2.67. The first-order valence-corrected chi connectivity index (χ1v) is 27.3. The zero-order valence-corrected chi connectivity index (χ0v) is 43.2. The summed E-state index contributed by atoms with van der Waals surface area (Å²) in [6.45, 7) is 6.90. The van der Waals surface area contributed by atoms with Gasteiger partial charge in [-0.3, -0.25) is 0 Å². The molecule has 0 fully saturated rings. The topological polar surface area (TPSA) is 3.24 Å². The molecule has 360 valence electrons. The van der Waals surface area contributed by atoms with Gasteiger partial charge in [0, 0.05) is 17.1 Å². The van der Waals surface area contributed by atoms with Crippen molar-refractivity contribution in [2.75, 3.05) is 4.90 Å². The molecule has 0 radical (unpaired) electrons. The lowest BCUT2D eigenvalue weighted by molar-refractivity contribution is 0.590. The fourth-order valence-electron chi connectivity index (χ4n) is 15.3. The minimum Gasteiger partial charge on any atom is -0.310 e. The van der Waals surface area contributed by atoms with Gasteiger partial charge in [-0.25, -0.2) is 0 Å². The van der Waals surface area contributed by atoms with Crippen LogP contribution in [0.25, 0.3) is 87.6 Å². The van der Waals surface area contributed by atoms with Crippen LogP contribution in [0.5, 0.6) is 0 Å². The molecule has 0 unspecified atom stereocenters. The van der Waals surface area contributed by atoms with Crippen molar-refractivity contribution in [1.82, 2.24) is 0 Å². The van der Waals surface area contributed by atoms with Crippen LogP contribution in [0, 0.1) is 0 Å². The van der Waals surface area contributed by atoms with Crippen molar-refractivity contribution >= 4 is 60.2 Å². The minimum absolute atomic E-state index is 0.0166. The van der Waals surface area contributed by atoms with E-state index >= 15 is 0 Å². The monoisotopic (exact) mass is 977 g/mol. The first-order chi connectivity index (χ1) is 37.8. The fraction of sp³-hybridized carbons (Fsp3) is 0.0789. The molecule has 0 atom stereocenters. The van der Waals surface area contributed by atoms with E-state index in [9.17, 15) is 0 Å². The molecule has 0 bridgehead atoms. The molecule has 0 aliphatic heterocycles. The molecule has 0 saturated heterocycles. The van der Waals surface area contributed by atoms with E-state index in [4.69, 9.17) is 0 Å². The summed E-state index contributed by atoms with van der Waals surface area (Å²) in [6.07, 6.45) is 0. The average molecular weight is 978 g/mol. The van der Waals surface area contributed by atoms with E-state index in [0.717, 1.165) is 17.1 Å². The van der Waals surface area contributed by atoms with Gasteiger partial charge >= 0.3 is 0 Å². The Morgan fingerprint density at radius 1 is 0.260 bits per heavy atom. The van der Waals surface area contributed by atoms with Gasteiger partial charge in [0.25, 0.3) is 0 Å². The summed E-state index contributed by atoms with van der Waals surface area (Å²) in [6, 6.07) is 97.6. The third-order valence-electron chi connectivity index (χ3n) is 18.4. The lowest BCUT2D eigenvalue weighted by Gasteiger charge is -2.33. The van der Waals surface area contributed by atoms with Crippen LogP contribution in [0.3, 0.4) is 0 Å². The molecule has 0 heterocycles. The Balaban J connectivity index is 0.899. The number of hydrogen-bond acceptors (Lipinski definition) is 1. The Hall–Kier alpha value is -9.30. The molecule has 1 nitrogen and oxygen atoms in total. The van der Waals surface area contributed by atoms with Gasteiger partial charge in [0.2, 0.25) is 0 Å². The van der Waals surface area contributed by atoms with E-state index in [-0.39, 0.29) is 5.41 Å². The normalized spacial score (nSPS) is 14.4. The second-order valence-corrected chi connectivity index (χ2v) is 23.0. The van der Waals surface area contributed by atoms with Crippen LogP contribution in [0.4, 0.5) is 17.1 Å². The summed E-state index contributed by atoms with van der Waals surface area (Å²) < 4.78 is 0. The minimum atomic E-state index is -0.496. The lowest BCUT2D eigenvalue weighted by atomic mass is 9.68. The SMILES string of the molecule is CC(C)(C)c1ccc(N(c2ccc3c4c(ccc3c2)-c2ccc3ccccc3c2C42c3ccccc3-c3ccccc32)c2ccc3c4c(ccc3c2)-c2ccc3ccccc3c2C42c3ccccc3-c3ccccc32)cc1. The number of rotatable bonds is 3. The van der Waals surface area contributed by atoms with Crippen LogP contribution in [0.2, 0.25) is 0 Å². The number of nitrogens with zero attached hydrogens (tertiary/aromatic N) is 1. The van der Waals surface area contributed by atoms with Gasteiger partial charge in [-0.1, -0.05) is 239 Å². The smallest absolute Gasteiger partial charge is 0.0737 e. The van der Waals surface area contributed by atoms with Crippen molar-refractivity contribution in [3.8, 4) is 44.5 Å². The molecule has 0 N–H and O–H groups in total. The third kappa shape index (κ3) is 5.43. The van der Waals surface area contributed by atoms with Crippen molar-refractivity contribution in [2.45, 2.75) is 37.0 Å². The maximum absolute atomic E-state index is 2.49. The Bertz CT molecular complexity index is 4370. The molecule has 1 heteroatoms. The van der Waals surface area contributed by atoms with Gasteiger partial charge in [0.05, 0.1) is 10.8 Å². The number of hydrogen-bond donors (Lipinski definition) is 0. The molecule has 13 aromatic carbocycles. The van der Waals surface area contributed by atoms with Gasteiger partial charge in [0.1, 0.15) is 0 Å². The van der Waals surface area contributed by atoms with Crippen LogP contribution >= 0.6 is 0 Å². The predicted molar refractivity (Wildman–Crippen MR) is 322 cm³/mol. The molecule has 0 amide bonds. The van der Waals surface area contributed by atoms with E-state index in [1.54, 1.807) is 0 Å². The Morgan fingerprint density at radius 2 is 0.571 bits per heavy atom. The van der Waals surface area contributed by atoms with Crippen molar-refractivity contribution in [3.63, 3.8) is 0 Å². The van der Waals surface area contributed by atoms with Gasteiger partial charge in [0.15, 0.2) is 0 Å². The molecule has 17 rings (SSSR count). The van der Waals surface area contributed by atoms with Crippen molar-refractivity contribution in [2.24, 2.45) is 0 Å². The van der Waals surface area contributed by atoms with Crippen molar-refractivity contribution < 1.29 is 0 Å². The molecule has 0 saturated carbocycles. The molecule has 13 aromatic rings. The summed E-state index contributed by atoms with van der Waals surface area (Å²) >= 11 is 0. The zero-order valence-electron chi connectivity index (χ0n) is 43.2. The van der Waals surface area contributed by atoms with Gasteiger partial charge in [-0.15, -0.1) is 0 Å². The highest BCUT2D eigenvalue weighted by atomic mass is 15.1. The molecule has 0 aromatic heterocycles. The highest BCUT2D eigenvalue weighted by Gasteiger charge is 2.55. The van der Waals surface area contributed by atoms with Crippen LogP contribution in [0.1, 0.15) is 70.8 Å². The molecular formula is C76H51N. The third-order valence-corrected chi connectivity index (χ3v) is 18.4. The van der Waals surface area contributed by atoms with Gasteiger partial charge < -0.3 is 4.90 Å². The first kappa shape index (κ1) is 43.0. The summed E-state index contributed by atoms with van der Waals surface area (Å²) in [4.78, 5) is 2.49. The zero-order chi connectivity index (χ0) is 50.9. The van der Waals surface area contributed by atoms with Crippen LogP contribution in [-0.4, -0.2) is 0 Å². The average Bonchev–Trinajstić information content (AvgIpc) is 3.88. The number of benzene rings is 13. The molecule has 4 aliphatic rings. The van der Waals surface area contributed by atoms with Crippen LogP contribution < -0.4 is 4.90 Å². The standard InChI is InChI=1S/C76H51N/c1-74(2,3)50-32-34-51(35-33-50)77(52-36-42-56-48(44-52)30-40-64-62-38-28-46-16-4-6-18-54(46)70(62)75(72(56)64)66-24-12-8-20-58(66)59-21-9-13-25-67(59)75)53-37-43-57-49(45-53)31-41-65-63-39-29-47-17-5-7-19-55(47)71(63)76(73(57)65)68-26-14-10-22-60(68)61-23-11-15-27-69(61)76/h4-45H,1-3H3. The molecule has 77 heavy (non-hydrogen) atoms. The highest BCUT2D eigenvalue weighted by molar-refractivity contribution is 6.12. The first-order valence-electron chi connectivity index (χ1n) is 27.3. The Morgan fingerprint density at radius 3 is 0.948 bits per heavy atom.